The topological polar surface area (TPSA) is 87.2 Å². The fourth-order valence-corrected chi connectivity index (χ4v) is 6.08. The second-order valence-electron chi connectivity index (χ2n) is 8.92. The molecule has 2 heterocycles. The van der Waals surface area contributed by atoms with Crippen molar-refractivity contribution in [3.05, 3.63) is 71.4 Å². The minimum absolute atomic E-state index is 0.0155. The molecule has 0 saturated carbocycles. The highest BCUT2D eigenvalue weighted by Gasteiger charge is 2.47. The minimum atomic E-state index is -4.13. The van der Waals surface area contributed by atoms with E-state index < -0.39 is 21.9 Å². The first-order chi connectivity index (χ1) is 16.5. The van der Waals surface area contributed by atoms with Crippen LogP contribution in [0.2, 0.25) is 0 Å². The van der Waals surface area contributed by atoms with E-state index in [0.29, 0.717) is 5.56 Å². The van der Waals surface area contributed by atoms with Crippen LogP contribution in [0.5, 0.6) is 5.75 Å². The van der Waals surface area contributed by atoms with Crippen LogP contribution in [-0.4, -0.2) is 60.1 Å². The molecular weight excluding hydrogens is 473 g/mol. The van der Waals surface area contributed by atoms with E-state index in [1.54, 1.807) is 31.2 Å². The SMILES string of the molecule is COc1ccc(C)cc1S(=O)(=O)N1CCC(=O)N2C1=CN(C(C)C)C(=O)C2Cc1ccc(F)cc1. The van der Waals surface area contributed by atoms with Gasteiger partial charge in [-0.15, -0.1) is 0 Å². The van der Waals surface area contributed by atoms with Crippen LogP contribution in [-0.2, 0) is 26.0 Å². The predicted octanol–water partition coefficient (Wildman–Crippen LogP) is 3.03. The van der Waals surface area contributed by atoms with Crippen LogP contribution < -0.4 is 4.74 Å². The van der Waals surface area contributed by atoms with Crippen molar-refractivity contribution in [2.45, 2.75) is 50.6 Å². The maximum atomic E-state index is 13.9. The van der Waals surface area contributed by atoms with Gasteiger partial charge in [0.1, 0.15) is 28.3 Å². The van der Waals surface area contributed by atoms with Crippen LogP contribution in [0, 0.1) is 12.7 Å². The molecule has 0 N–H and O–H groups in total. The van der Waals surface area contributed by atoms with Gasteiger partial charge in [0.15, 0.2) is 0 Å². The normalized spacial score (nSPS) is 18.6. The monoisotopic (exact) mass is 501 g/mol. The van der Waals surface area contributed by atoms with Crippen molar-refractivity contribution in [3.63, 3.8) is 0 Å². The average molecular weight is 502 g/mol. The van der Waals surface area contributed by atoms with Crippen molar-refractivity contribution in [2.24, 2.45) is 0 Å². The number of hydrogen-bond donors (Lipinski definition) is 0. The summed E-state index contributed by atoms with van der Waals surface area (Å²) in [6, 6.07) is 9.32. The van der Waals surface area contributed by atoms with Gasteiger partial charge in [0.25, 0.3) is 10.0 Å². The fourth-order valence-electron chi connectivity index (χ4n) is 4.38. The van der Waals surface area contributed by atoms with E-state index in [9.17, 15) is 22.4 Å². The zero-order valence-corrected chi connectivity index (χ0v) is 20.9. The molecule has 35 heavy (non-hydrogen) atoms. The van der Waals surface area contributed by atoms with E-state index in [0.717, 1.165) is 5.56 Å². The molecule has 2 aromatic carbocycles. The summed E-state index contributed by atoms with van der Waals surface area (Å²) in [6.45, 7) is 5.34. The van der Waals surface area contributed by atoms with Gasteiger partial charge in [0, 0.05) is 31.6 Å². The summed E-state index contributed by atoms with van der Waals surface area (Å²) in [5.74, 6) is -0.775. The van der Waals surface area contributed by atoms with Crippen molar-refractivity contribution < 1.29 is 27.1 Å². The molecule has 1 atom stereocenters. The third-order valence-corrected chi connectivity index (χ3v) is 8.02. The Morgan fingerprint density at radius 2 is 1.80 bits per heavy atom. The van der Waals surface area contributed by atoms with Gasteiger partial charge in [0.2, 0.25) is 11.8 Å². The number of hydrogen-bond acceptors (Lipinski definition) is 5. The third kappa shape index (κ3) is 4.50. The van der Waals surface area contributed by atoms with Crippen LogP contribution in [0.3, 0.4) is 0 Å². The number of carbonyl (C=O) groups excluding carboxylic acids is 2. The molecule has 4 rings (SSSR count). The summed E-state index contributed by atoms with van der Waals surface area (Å²) < 4.78 is 47.7. The molecule has 1 fully saturated rings. The number of nitrogens with zero attached hydrogens (tertiary/aromatic N) is 3. The van der Waals surface area contributed by atoms with Crippen LogP contribution >= 0.6 is 0 Å². The molecule has 1 saturated heterocycles. The highest BCUT2D eigenvalue weighted by molar-refractivity contribution is 7.89. The van der Waals surface area contributed by atoms with Crippen LogP contribution in [0.15, 0.2) is 59.4 Å². The van der Waals surface area contributed by atoms with E-state index in [1.807, 2.05) is 13.8 Å². The molecule has 0 aliphatic carbocycles. The summed E-state index contributed by atoms with van der Waals surface area (Å²) >= 11 is 0. The molecule has 0 radical (unpaired) electrons. The lowest BCUT2D eigenvalue weighted by atomic mass is 10.00. The minimum Gasteiger partial charge on any atom is -0.495 e. The highest BCUT2D eigenvalue weighted by atomic mass is 32.2. The number of aryl methyl sites for hydroxylation is 1. The second kappa shape index (κ2) is 9.33. The largest absolute Gasteiger partial charge is 0.495 e. The van der Waals surface area contributed by atoms with Gasteiger partial charge < -0.3 is 9.64 Å². The smallest absolute Gasteiger partial charge is 0.269 e. The number of benzene rings is 2. The fraction of sp³-hybridized carbons (Fsp3) is 0.360. The zero-order chi connectivity index (χ0) is 25.5. The molecule has 0 spiro atoms. The molecule has 2 aromatic rings. The number of sulfonamides is 1. The van der Waals surface area contributed by atoms with Gasteiger partial charge in [-0.1, -0.05) is 18.2 Å². The maximum absolute atomic E-state index is 13.9. The lowest BCUT2D eigenvalue weighted by molar-refractivity contribution is -0.148. The molecule has 8 nitrogen and oxygen atoms in total. The summed E-state index contributed by atoms with van der Waals surface area (Å²) in [6.07, 6.45) is 1.47. The van der Waals surface area contributed by atoms with Crippen LogP contribution in [0.4, 0.5) is 4.39 Å². The Morgan fingerprint density at radius 1 is 1.11 bits per heavy atom. The van der Waals surface area contributed by atoms with E-state index >= 15 is 0 Å². The number of rotatable bonds is 6. The summed E-state index contributed by atoms with van der Waals surface area (Å²) in [4.78, 5) is 29.2. The third-order valence-electron chi connectivity index (χ3n) is 6.19. The van der Waals surface area contributed by atoms with Gasteiger partial charge in [0.05, 0.1) is 7.11 Å². The Bertz CT molecular complexity index is 1290. The van der Waals surface area contributed by atoms with E-state index in [-0.39, 0.29) is 53.7 Å². The number of methoxy groups -OCH3 is 1. The number of halogens is 1. The van der Waals surface area contributed by atoms with Crippen molar-refractivity contribution in [3.8, 4) is 5.75 Å². The molecular formula is C25H28FN3O5S. The predicted molar refractivity (Wildman–Crippen MR) is 127 cm³/mol. The molecule has 0 bridgehead atoms. The van der Waals surface area contributed by atoms with Crippen molar-refractivity contribution in [1.29, 1.82) is 0 Å². The molecule has 10 heteroatoms. The number of amides is 2. The molecule has 2 aliphatic heterocycles. The summed E-state index contributed by atoms with van der Waals surface area (Å²) in [5.41, 5.74) is 1.39. The Labute approximate surface area is 204 Å². The molecule has 1 unspecified atom stereocenters. The lowest BCUT2D eigenvalue weighted by Gasteiger charge is -2.47. The van der Waals surface area contributed by atoms with Gasteiger partial charge in [-0.2, -0.15) is 0 Å². The average Bonchev–Trinajstić information content (AvgIpc) is 2.81. The standard InChI is InChI=1S/C25H28FN3O5S/c1-16(2)27-15-23-28(35(32,33)22-13-17(3)5-10-21(22)34-4)12-11-24(30)29(23)20(25(27)31)14-18-6-8-19(26)9-7-18/h5-10,13,15-16,20H,11-12,14H2,1-4H3. The Morgan fingerprint density at radius 3 is 2.43 bits per heavy atom. The van der Waals surface area contributed by atoms with Gasteiger partial charge in [-0.25, -0.2) is 17.1 Å². The van der Waals surface area contributed by atoms with Crippen molar-refractivity contribution in [2.75, 3.05) is 13.7 Å². The zero-order valence-electron chi connectivity index (χ0n) is 20.1. The Balaban J connectivity index is 1.82. The maximum Gasteiger partial charge on any atom is 0.269 e. The number of carbonyl (C=O) groups is 2. The van der Waals surface area contributed by atoms with Crippen LogP contribution in [0.1, 0.15) is 31.4 Å². The highest BCUT2D eigenvalue weighted by Crippen LogP contribution is 2.36. The van der Waals surface area contributed by atoms with Crippen molar-refractivity contribution in [1.82, 2.24) is 14.1 Å². The van der Waals surface area contributed by atoms with Gasteiger partial charge >= 0.3 is 0 Å². The number of ether oxygens (including phenoxy) is 1. The second-order valence-corrected chi connectivity index (χ2v) is 10.7. The Kier molecular flexibility index (Phi) is 6.59. The number of fused-ring (bicyclic) bond motifs is 1. The first-order valence-corrected chi connectivity index (χ1v) is 12.8. The van der Waals surface area contributed by atoms with E-state index in [4.69, 9.17) is 4.74 Å². The van der Waals surface area contributed by atoms with Crippen LogP contribution in [0.25, 0.3) is 0 Å². The quantitative estimate of drug-likeness (QED) is 0.607. The van der Waals surface area contributed by atoms with Gasteiger partial charge in [-0.3, -0.25) is 14.5 Å². The van der Waals surface area contributed by atoms with Gasteiger partial charge in [-0.05, 0) is 56.2 Å². The first-order valence-electron chi connectivity index (χ1n) is 11.3. The molecule has 0 aromatic heterocycles. The Hall–Kier alpha value is -3.40. The molecule has 2 aliphatic rings. The summed E-state index contributed by atoms with van der Waals surface area (Å²) in [7, 11) is -2.73. The molecule has 186 valence electrons. The first kappa shape index (κ1) is 24.7. The van der Waals surface area contributed by atoms with Crippen molar-refractivity contribution >= 4 is 21.8 Å². The molecule has 2 amide bonds. The summed E-state index contributed by atoms with van der Waals surface area (Å²) in [5, 5.41) is 0. The lowest BCUT2D eigenvalue weighted by Crippen LogP contribution is -2.61. The van der Waals surface area contributed by atoms with E-state index in [2.05, 4.69) is 0 Å². The van der Waals surface area contributed by atoms with E-state index in [1.165, 1.54) is 45.6 Å².